The van der Waals surface area contributed by atoms with Crippen molar-refractivity contribution in [2.24, 2.45) is 0 Å². The van der Waals surface area contributed by atoms with Crippen LogP contribution < -0.4 is 10.4 Å². The van der Waals surface area contributed by atoms with Gasteiger partial charge in [0.1, 0.15) is 0 Å². The van der Waals surface area contributed by atoms with Crippen molar-refractivity contribution in [2.75, 3.05) is 4.62 Å². The fraction of sp³-hybridized carbons (Fsp3) is 0.650. The first-order chi connectivity index (χ1) is 22.9. The van der Waals surface area contributed by atoms with Gasteiger partial charge in [0, 0.05) is 0 Å². The first-order valence-corrected chi connectivity index (χ1v) is 28.6. The van der Waals surface area contributed by atoms with Crippen molar-refractivity contribution in [3.8, 4) is 0 Å². The van der Waals surface area contributed by atoms with Crippen molar-refractivity contribution in [3.63, 3.8) is 0 Å². The predicted octanol–water partition coefficient (Wildman–Crippen LogP) is 8.49. The number of fused-ring (bicyclic) bond motifs is 3. The fourth-order valence-electron chi connectivity index (χ4n) is 8.27. The van der Waals surface area contributed by atoms with Crippen LogP contribution in [-0.4, -0.2) is 73.6 Å². The third kappa shape index (κ3) is 7.59. The van der Waals surface area contributed by atoms with Crippen LogP contribution in [0.3, 0.4) is 0 Å². The third-order valence-corrected chi connectivity index (χ3v) is 30.1. The van der Waals surface area contributed by atoms with E-state index in [0.29, 0.717) is 0 Å². The van der Waals surface area contributed by atoms with E-state index in [2.05, 4.69) is 109 Å². The van der Waals surface area contributed by atoms with E-state index in [4.69, 9.17) is 28.1 Å². The van der Waals surface area contributed by atoms with E-state index in [1.165, 1.54) is 62.2 Å². The Balaban J connectivity index is 1.62. The number of unbranched alkanes of at least 4 members (excludes halogenated alkanes) is 3. The minimum atomic E-state index is -3.03. The number of hydrogen-bond donors (Lipinski definition) is 0. The van der Waals surface area contributed by atoms with Crippen LogP contribution in [0.25, 0.3) is 0 Å². The molecular weight excluding hydrogens is 723 g/mol. The van der Waals surface area contributed by atoms with E-state index in [1.54, 1.807) is 0 Å². The summed E-state index contributed by atoms with van der Waals surface area (Å²) in [7, 11) is -3.03. The molecule has 0 aromatic heterocycles. The van der Waals surface area contributed by atoms with Crippen molar-refractivity contribution in [2.45, 2.75) is 155 Å². The summed E-state index contributed by atoms with van der Waals surface area (Å²) in [5.41, 5.74) is 0. The molecule has 0 saturated carbocycles. The minimum absolute atomic E-state index is 0.240. The Hall–Kier alpha value is -1.04. The maximum atomic E-state index is 7.89. The monoisotopic (exact) mass is 786 g/mol. The molecule has 3 aliphatic rings. The summed E-state index contributed by atoms with van der Waals surface area (Å²) in [6.07, 6.45) is 7.01. The third-order valence-electron chi connectivity index (χ3n) is 10.8. The zero-order valence-electron chi connectivity index (χ0n) is 31.0. The first-order valence-electron chi connectivity index (χ1n) is 18.6. The molecule has 0 amide bonds. The number of ether oxygens (including phenoxy) is 5. The van der Waals surface area contributed by atoms with Gasteiger partial charge in [-0.25, -0.2) is 0 Å². The Morgan fingerprint density at radius 2 is 1.29 bits per heavy atom. The Bertz CT molecular complexity index is 1250. The average molecular weight is 786 g/mol. The summed E-state index contributed by atoms with van der Waals surface area (Å²) in [5, 5.41) is 2.18. The normalized spacial score (nSPS) is 28.4. The Labute approximate surface area is 296 Å². The molecule has 3 heterocycles. The maximum absolute atomic E-state index is 7.89. The Morgan fingerprint density at radius 1 is 0.771 bits per heavy atom. The van der Waals surface area contributed by atoms with Gasteiger partial charge in [0.2, 0.25) is 0 Å². The van der Waals surface area contributed by atoms with Gasteiger partial charge in [-0.3, -0.25) is 0 Å². The molecule has 3 aliphatic heterocycles. The topological polar surface area (TPSA) is 55.4 Å². The van der Waals surface area contributed by atoms with Gasteiger partial charge >= 0.3 is 298 Å². The van der Waals surface area contributed by atoms with E-state index in [9.17, 15) is 0 Å². The number of benzene rings is 2. The molecule has 1 unspecified atom stereocenters. The molecule has 6 atom stereocenters. The van der Waals surface area contributed by atoms with Gasteiger partial charge in [0.25, 0.3) is 0 Å². The van der Waals surface area contributed by atoms with Crippen molar-refractivity contribution < 1.29 is 28.1 Å². The fourth-order valence-corrected chi connectivity index (χ4v) is 27.3. The quantitative estimate of drug-likeness (QED) is 0.119. The molecule has 0 spiro atoms. The van der Waals surface area contributed by atoms with Crippen molar-refractivity contribution in [1.29, 1.82) is 0 Å². The average Bonchev–Trinajstić information content (AvgIpc) is 3.66. The van der Waals surface area contributed by atoms with Gasteiger partial charge in [-0.15, -0.1) is 0 Å². The molecular formula is C40H62O6SiSn. The van der Waals surface area contributed by atoms with Crippen LogP contribution in [-0.2, 0) is 28.1 Å². The zero-order valence-corrected chi connectivity index (χ0v) is 34.8. The van der Waals surface area contributed by atoms with Crippen LogP contribution in [0.4, 0.5) is 0 Å². The summed E-state index contributed by atoms with van der Waals surface area (Å²) in [5.74, 6) is -1.94. The molecule has 3 saturated heterocycles. The van der Waals surface area contributed by atoms with Crippen LogP contribution >= 0.6 is 0 Å². The second kappa shape index (κ2) is 15.7. The van der Waals surface area contributed by atoms with Crippen LogP contribution in [0.1, 0.15) is 93.9 Å². The molecule has 2 aromatic rings. The number of rotatable bonds is 17. The van der Waals surface area contributed by atoms with Gasteiger partial charge < -0.3 is 0 Å². The van der Waals surface area contributed by atoms with Gasteiger partial charge in [-0.2, -0.15) is 0 Å². The van der Waals surface area contributed by atoms with E-state index >= 15 is 0 Å². The molecule has 5 rings (SSSR count). The summed E-state index contributed by atoms with van der Waals surface area (Å²) in [4.78, 5) is 0. The molecule has 2 aromatic carbocycles. The molecule has 3 fully saturated rings. The molecule has 0 bridgehead atoms. The van der Waals surface area contributed by atoms with Gasteiger partial charge in [0.15, 0.2) is 0 Å². The van der Waals surface area contributed by atoms with Crippen molar-refractivity contribution >= 4 is 37.1 Å². The summed E-state index contributed by atoms with van der Waals surface area (Å²) >= 11 is -2.78. The second-order valence-electron chi connectivity index (χ2n) is 15.9. The van der Waals surface area contributed by atoms with Gasteiger partial charge in [0.05, 0.1) is 0 Å². The molecule has 8 heteroatoms. The second-order valence-corrected chi connectivity index (χ2v) is 33.8. The zero-order chi connectivity index (χ0) is 34.6. The molecule has 0 radical (unpaired) electrons. The summed E-state index contributed by atoms with van der Waals surface area (Å²) in [6, 6.07) is 21.6. The molecule has 266 valence electrons. The van der Waals surface area contributed by atoms with Crippen molar-refractivity contribution in [1.82, 2.24) is 0 Å². The Kier molecular flexibility index (Phi) is 12.5. The first kappa shape index (κ1) is 38.2. The number of hydrogen-bond acceptors (Lipinski definition) is 6. The molecule has 0 N–H and O–H groups in total. The molecule has 6 nitrogen and oxygen atoms in total. The van der Waals surface area contributed by atoms with E-state index in [0.717, 1.165) is 4.62 Å². The summed E-state index contributed by atoms with van der Waals surface area (Å²) < 4.78 is 46.7. The summed E-state index contributed by atoms with van der Waals surface area (Å²) in [6.45, 7) is 22.2. The van der Waals surface area contributed by atoms with Crippen LogP contribution in [0.2, 0.25) is 18.3 Å². The van der Waals surface area contributed by atoms with Crippen molar-refractivity contribution in [3.05, 3.63) is 73.3 Å². The van der Waals surface area contributed by atoms with Crippen LogP contribution in [0.15, 0.2) is 73.3 Å². The van der Waals surface area contributed by atoms with Gasteiger partial charge in [-0.1, -0.05) is 0 Å². The molecule has 0 aliphatic carbocycles. The van der Waals surface area contributed by atoms with Crippen LogP contribution in [0, 0.1) is 0 Å². The van der Waals surface area contributed by atoms with Crippen LogP contribution in [0.5, 0.6) is 0 Å². The standard InChI is InChI=1S/C28H35O6Si.3C4H9.Sn/c1-8-28(29-7)24(22-21(32-28)23-25(30-22)33-27(5,6)31-23)34-35(26(2,3)4,19-15-11-9-12-16-19)20-17-13-10-14-18-20;3*1-3-4-2;/h8-18,21-25H,1,7H2,2-6H3;3*1,3-4H2,2H3;/t21-,22-,23+,24-,25+,28?;;;;/m0..../s1. The van der Waals surface area contributed by atoms with Gasteiger partial charge in [-0.05, 0) is 0 Å². The van der Waals surface area contributed by atoms with E-state index in [-0.39, 0.29) is 11.1 Å². The Morgan fingerprint density at radius 3 is 1.75 bits per heavy atom. The van der Waals surface area contributed by atoms with E-state index in [1.807, 2.05) is 19.9 Å². The molecule has 48 heavy (non-hydrogen) atoms. The SMILES string of the molecule is C=CC1(O[CH2][Sn]([CH2]CCC)([CH2]CCC)[CH2]CCC)O[C@@H]2[C@H]3OC(C)(C)O[C@H]3O[C@@H]2[C@@H]1O[Si](c1ccccc1)(c1ccccc1)C(C)(C)C. The van der Waals surface area contributed by atoms with E-state index < -0.39 is 62.9 Å². The predicted molar refractivity (Wildman–Crippen MR) is 200 cm³/mol.